The highest BCUT2D eigenvalue weighted by atomic mass is 16.6. The maximum absolute atomic E-state index is 12.6. The Balaban J connectivity index is 1.59. The number of nitrogens with zero attached hydrogens (tertiary/aromatic N) is 4. The molecule has 1 spiro atoms. The molecule has 2 fully saturated rings. The lowest BCUT2D eigenvalue weighted by Gasteiger charge is -2.45. The van der Waals surface area contributed by atoms with Crippen LogP contribution in [0.3, 0.4) is 0 Å². The number of aromatic nitrogens is 2. The van der Waals surface area contributed by atoms with Crippen LogP contribution in [0.2, 0.25) is 0 Å². The lowest BCUT2D eigenvalue weighted by atomic mass is 9.66. The summed E-state index contributed by atoms with van der Waals surface area (Å²) in [5.41, 5.74) is 2.29. The molecule has 2 heterocycles. The van der Waals surface area contributed by atoms with Gasteiger partial charge in [-0.2, -0.15) is 0 Å². The molecule has 6 nitrogen and oxygen atoms in total. The third-order valence-corrected chi connectivity index (χ3v) is 6.73. The lowest BCUT2D eigenvalue weighted by Crippen LogP contribution is -2.46. The maximum atomic E-state index is 12.6. The summed E-state index contributed by atoms with van der Waals surface area (Å²) in [6.07, 6.45) is 6.75. The van der Waals surface area contributed by atoms with Gasteiger partial charge in [0.15, 0.2) is 5.69 Å². The van der Waals surface area contributed by atoms with E-state index < -0.39 is 0 Å². The van der Waals surface area contributed by atoms with Crippen LogP contribution < -0.4 is 0 Å². The van der Waals surface area contributed by atoms with Crippen molar-refractivity contribution in [2.75, 3.05) is 13.1 Å². The van der Waals surface area contributed by atoms with Gasteiger partial charge in [-0.05, 0) is 55.1 Å². The van der Waals surface area contributed by atoms with Gasteiger partial charge < -0.3 is 14.2 Å². The summed E-state index contributed by atoms with van der Waals surface area (Å²) in [7, 11) is 0. The van der Waals surface area contributed by atoms with E-state index in [1.807, 2.05) is 29.4 Å². The van der Waals surface area contributed by atoms with Crippen molar-refractivity contribution in [3.63, 3.8) is 0 Å². The van der Waals surface area contributed by atoms with Crippen molar-refractivity contribution in [1.29, 1.82) is 0 Å². The highest BCUT2D eigenvalue weighted by molar-refractivity contribution is 5.79. The molecule has 0 N–H and O–H groups in total. The molecular formula is C24H32N4O2. The molecule has 1 aromatic heterocycles. The molecule has 2 aliphatic rings. The van der Waals surface area contributed by atoms with Crippen LogP contribution in [0.4, 0.5) is 10.5 Å². The van der Waals surface area contributed by atoms with Crippen molar-refractivity contribution in [1.82, 2.24) is 14.5 Å². The van der Waals surface area contributed by atoms with Crippen LogP contribution in [-0.4, -0.2) is 39.2 Å². The fraction of sp³-hybridized carbons (Fsp3) is 0.625. The summed E-state index contributed by atoms with van der Waals surface area (Å²) in [5, 5.41) is 0. The van der Waals surface area contributed by atoms with Gasteiger partial charge in [0, 0.05) is 13.1 Å². The number of hydrogen-bond donors (Lipinski definition) is 0. The fourth-order valence-electron chi connectivity index (χ4n) is 5.41. The van der Waals surface area contributed by atoms with Crippen LogP contribution in [0, 0.1) is 17.4 Å². The van der Waals surface area contributed by atoms with Crippen molar-refractivity contribution in [2.24, 2.45) is 10.8 Å². The molecule has 0 radical (unpaired) electrons. The van der Waals surface area contributed by atoms with E-state index in [2.05, 4.69) is 42.1 Å². The molecule has 1 saturated carbocycles. The summed E-state index contributed by atoms with van der Waals surface area (Å²) in [6.45, 7) is 18.3. The lowest BCUT2D eigenvalue weighted by molar-refractivity contribution is -0.0355. The summed E-state index contributed by atoms with van der Waals surface area (Å²) in [6, 6.07) is 5.67. The fourth-order valence-corrected chi connectivity index (χ4v) is 5.41. The number of hydrogen-bond acceptors (Lipinski definition) is 3. The largest absolute Gasteiger partial charge is 0.441 e. The predicted octanol–water partition coefficient (Wildman–Crippen LogP) is 5.79. The Hall–Kier alpha value is -2.55. The Labute approximate surface area is 179 Å². The number of carbonyl (C=O) groups excluding carboxylic acids is 1. The Morgan fingerprint density at radius 2 is 2.10 bits per heavy atom. The Bertz CT molecular complexity index is 999. The second-order valence-electron chi connectivity index (χ2n) is 10.5. The highest BCUT2D eigenvalue weighted by Crippen LogP contribution is 2.49. The van der Waals surface area contributed by atoms with Gasteiger partial charge in [0.1, 0.15) is 5.60 Å². The minimum Gasteiger partial charge on any atom is -0.441 e. The maximum Gasteiger partial charge on any atom is 0.410 e. The molecule has 2 atom stereocenters. The molecular weight excluding hydrogens is 376 g/mol. The van der Waals surface area contributed by atoms with E-state index >= 15 is 0 Å². The Kier molecular flexibility index (Phi) is 5.04. The van der Waals surface area contributed by atoms with Gasteiger partial charge in [0.2, 0.25) is 0 Å². The van der Waals surface area contributed by atoms with E-state index in [1.165, 1.54) is 0 Å². The van der Waals surface area contributed by atoms with Crippen molar-refractivity contribution in [2.45, 2.75) is 71.9 Å². The van der Waals surface area contributed by atoms with E-state index in [-0.39, 0.29) is 22.5 Å². The summed E-state index contributed by atoms with van der Waals surface area (Å²) >= 11 is 0. The van der Waals surface area contributed by atoms with Crippen molar-refractivity contribution in [3.05, 3.63) is 35.9 Å². The molecule has 160 valence electrons. The van der Waals surface area contributed by atoms with Gasteiger partial charge in [-0.15, -0.1) is 0 Å². The van der Waals surface area contributed by atoms with Crippen molar-refractivity contribution < 1.29 is 9.53 Å². The van der Waals surface area contributed by atoms with Crippen LogP contribution in [0.25, 0.3) is 15.9 Å². The number of carbonyl (C=O) groups is 1. The van der Waals surface area contributed by atoms with Gasteiger partial charge >= 0.3 is 6.09 Å². The molecule has 1 saturated heterocycles. The van der Waals surface area contributed by atoms with E-state index in [0.717, 1.165) is 56.2 Å². The molecule has 0 unspecified atom stereocenters. The number of imidazole rings is 1. The third-order valence-electron chi connectivity index (χ3n) is 6.73. The van der Waals surface area contributed by atoms with Crippen LogP contribution in [0.5, 0.6) is 0 Å². The topological polar surface area (TPSA) is 51.7 Å². The second kappa shape index (κ2) is 7.30. The first-order chi connectivity index (χ1) is 14.2. The second-order valence-corrected chi connectivity index (χ2v) is 10.5. The van der Waals surface area contributed by atoms with E-state index in [9.17, 15) is 4.79 Å². The quantitative estimate of drug-likeness (QED) is 0.601. The molecule has 1 aromatic carbocycles. The van der Waals surface area contributed by atoms with E-state index in [0.29, 0.717) is 12.2 Å². The molecule has 4 rings (SSSR count). The predicted molar refractivity (Wildman–Crippen MR) is 117 cm³/mol. The van der Waals surface area contributed by atoms with Crippen molar-refractivity contribution in [3.8, 4) is 0 Å². The summed E-state index contributed by atoms with van der Waals surface area (Å²) in [5.74, 6) is 0. The molecule has 1 aliphatic heterocycles. The zero-order valence-electron chi connectivity index (χ0n) is 18.6. The first kappa shape index (κ1) is 20.7. The molecule has 1 aliphatic carbocycles. The molecule has 30 heavy (non-hydrogen) atoms. The molecule has 1 amide bonds. The molecule has 2 aromatic rings. The number of benzene rings is 1. The average molecular weight is 409 g/mol. The molecule has 0 bridgehead atoms. The minimum absolute atomic E-state index is 0.0530. The van der Waals surface area contributed by atoms with Crippen LogP contribution >= 0.6 is 0 Å². The van der Waals surface area contributed by atoms with Gasteiger partial charge in [-0.25, -0.2) is 14.6 Å². The van der Waals surface area contributed by atoms with Crippen molar-refractivity contribution >= 4 is 22.8 Å². The summed E-state index contributed by atoms with van der Waals surface area (Å²) in [4.78, 5) is 22.7. The number of ether oxygens (including phenoxy) is 1. The van der Waals surface area contributed by atoms with Gasteiger partial charge in [0.05, 0.1) is 30.5 Å². The van der Waals surface area contributed by atoms with E-state index in [1.54, 1.807) is 0 Å². The zero-order chi connectivity index (χ0) is 21.6. The normalized spacial score (nSPS) is 26.9. The van der Waals surface area contributed by atoms with E-state index in [4.69, 9.17) is 11.3 Å². The smallest absolute Gasteiger partial charge is 0.410 e. The van der Waals surface area contributed by atoms with Gasteiger partial charge in [0.25, 0.3) is 0 Å². The van der Waals surface area contributed by atoms with Crippen LogP contribution in [0.1, 0.15) is 59.8 Å². The first-order valence-electron chi connectivity index (χ1n) is 11.0. The van der Waals surface area contributed by atoms with Gasteiger partial charge in [-0.3, -0.25) is 0 Å². The first-order valence-corrected chi connectivity index (χ1v) is 11.0. The number of amides is 1. The summed E-state index contributed by atoms with van der Waals surface area (Å²) < 4.78 is 8.26. The number of rotatable bonds is 4. The van der Waals surface area contributed by atoms with Crippen LogP contribution in [-0.2, 0) is 11.3 Å². The SMILES string of the molecule is [C-]#[N+]c1ccc2ncn(C[C@@]3(CC)CCC[C@@]4(CN(CC(C)(C)C)C(=O)O4)C3)c2c1. The monoisotopic (exact) mass is 408 g/mol. The van der Waals surface area contributed by atoms with Gasteiger partial charge in [-0.1, -0.05) is 33.8 Å². The molecule has 6 heteroatoms. The van der Waals surface area contributed by atoms with Crippen LogP contribution in [0.15, 0.2) is 24.5 Å². The highest BCUT2D eigenvalue weighted by Gasteiger charge is 2.52. The third kappa shape index (κ3) is 3.90. The minimum atomic E-state index is -0.380. The standard InChI is InChI=1S/C24H32N4O2/c1-6-23(15-28-17-26-19-9-8-18(25-5)12-20(19)28)10-7-11-24(13-23)16-27(21(29)30-24)14-22(2,3)4/h8-9,12,17H,6-7,10-11,13-16H2,1-4H3/t23-,24-/m0/s1. The zero-order valence-corrected chi connectivity index (χ0v) is 18.6. The Morgan fingerprint density at radius 3 is 2.80 bits per heavy atom. The number of fused-ring (bicyclic) bond motifs is 1. The average Bonchev–Trinajstić information content (AvgIpc) is 3.20. The Morgan fingerprint density at radius 1 is 1.30 bits per heavy atom.